The molecule has 0 aliphatic rings. The third kappa shape index (κ3) is 8.44. The molecule has 2 rings (SSSR count). The fraction of sp³-hybridized carbons (Fsp3) is 0.263. The Labute approximate surface area is 195 Å². The highest BCUT2D eigenvalue weighted by molar-refractivity contribution is 7.80. The number of anilines is 1. The Balaban J connectivity index is 1.90. The Hall–Kier alpha value is -1.44. The first-order chi connectivity index (χ1) is 13.7. The van der Waals surface area contributed by atoms with Crippen LogP contribution in [-0.2, 0) is 11.2 Å². The summed E-state index contributed by atoms with van der Waals surface area (Å²) in [4.78, 5) is 12.2. The molecule has 0 saturated heterocycles. The lowest BCUT2D eigenvalue weighted by Gasteiger charge is -2.27. The van der Waals surface area contributed by atoms with Gasteiger partial charge in [-0.05, 0) is 60.6 Å². The smallest absolute Gasteiger partial charge is 0.259 e. The summed E-state index contributed by atoms with van der Waals surface area (Å²) in [6.45, 7) is 1.81. The van der Waals surface area contributed by atoms with E-state index in [4.69, 9.17) is 63.4 Å². The molecule has 0 heterocycles. The van der Waals surface area contributed by atoms with Crippen LogP contribution in [-0.4, -0.2) is 27.6 Å². The van der Waals surface area contributed by atoms with Gasteiger partial charge in [-0.2, -0.15) is 0 Å². The molecule has 0 saturated carbocycles. The number of amides is 1. The Morgan fingerprint density at radius 1 is 1.07 bits per heavy atom. The molecule has 0 unspecified atom stereocenters. The maximum absolute atomic E-state index is 12.2. The standard InChI is InChI=1S/C19H19Cl4N3O2S/c1-2-12-3-9-15(10-4-12)28-11-16(27)25-17(19(21,22)23)26-18(29)24-14-7-5-13(20)6-8-14/h3-10,17H,2,11H2,1H3,(H,25,27)(H2,24,26,29)/t17-/m0/s1. The molecule has 0 bridgehead atoms. The molecule has 10 heteroatoms. The maximum Gasteiger partial charge on any atom is 0.259 e. The van der Waals surface area contributed by atoms with Crippen molar-refractivity contribution in [2.75, 3.05) is 11.9 Å². The number of alkyl halides is 3. The zero-order valence-corrected chi connectivity index (χ0v) is 19.2. The van der Waals surface area contributed by atoms with Crippen molar-refractivity contribution in [3.8, 4) is 5.75 Å². The highest BCUT2D eigenvalue weighted by Gasteiger charge is 2.34. The van der Waals surface area contributed by atoms with E-state index in [1.807, 2.05) is 12.1 Å². The van der Waals surface area contributed by atoms with Gasteiger partial charge in [0, 0.05) is 10.7 Å². The summed E-state index contributed by atoms with van der Waals surface area (Å²) in [5, 5.41) is 8.98. The van der Waals surface area contributed by atoms with Gasteiger partial charge in [0.05, 0.1) is 0 Å². The number of nitrogens with one attached hydrogen (secondary N) is 3. The van der Waals surface area contributed by atoms with Crippen molar-refractivity contribution in [3.05, 3.63) is 59.1 Å². The second-order valence-corrected chi connectivity index (χ2v) is 9.15. The van der Waals surface area contributed by atoms with Gasteiger partial charge < -0.3 is 20.7 Å². The van der Waals surface area contributed by atoms with Gasteiger partial charge in [0.15, 0.2) is 11.7 Å². The number of ether oxygens (including phenoxy) is 1. The fourth-order valence-corrected chi connectivity index (χ4v) is 2.89. The number of hydrogen-bond donors (Lipinski definition) is 3. The van der Waals surface area contributed by atoms with Gasteiger partial charge in [0.1, 0.15) is 11.9 Å². The summed E-state index contributed by atoms with van der Waals surface area (Å²) >= 11 is 29.0. The quantitative estimate of drug-likeness (QED) is 0.284. The van der Waals surface area contributed by atoms with E-state index in [-0.39, 0.29) is 11.7 Å². The second kappa shape index (κ2) is 11.1. The van der Waals surface area contributed by atoms with Crippen molar-refractivity contribution < 1.29 is 9.53 Å². The van der Waals surface area contributed by atoms with E-state index in [2.05, 4.69) is 22.9 Å². The fourth-order valence-electron chi connectivity index (χ4n) is 2.20. The highest BCUT2D eigenvalue weighted by atomic mass is 35.6. The summed E-state index contributed by atoms with van der Waals surface area (Å²) in [5.74, 6) is 0.0818. The Morgan fingerprint density at radius 2 is 1.69 bits per heavy atom. The number of aryl methyl sites for hydroxylation is 1. The van der Waals surface area contributed by atoms with Gasteiger partial charge in [-0.15, -0.1) is 0 Å². The SMILES string of the molecule is CCc1ccc(OCC(=O)N[C@@H](NC(=S)Nc2ccc(Cl)cc2)C(Cl)(Cl)Cl)cc1. The molecule has 2 aromatic rings. The zero-order chi connectivity index (χ0) is 21.4. The number of thiocarbonyl (C=S) groups is 1. The van der Waals surface area contributed by atoms with Crippen LogP contribution >= 0.6 is 58.6 Å². The first-order valence-electron chi connectivity index (χ1n) is 8.58. The molecule has 5 nitrogen and oxygen atoms in total. The molecule has 0 aliphatic carbocycles. The largest absolute Gasteiger partial charge is 0.484 e. The predicted octanol–water partition coefficient (Wildman–Crippen LogP) is 5.08. The van der Waals surface area contributed by atoms with Crippen LogP contribution in [0, 0.1) is 0 Å². The van der Waals surface area contributed by atoms with E-state index < -0.39 is 15.9 Å². The average Bonchev–Trinajstić information content (AvgIpc) is 2.67. The zero-order valence-electron chi connectivity index (χ0n) is 15.3. The number of hydrogen-bond acceptors (Lipinski definition) is 3. The lowest BCUT2D eigenvalue weighted by atomic mass is 10.2. The molecule has 2 aromatic carbocycles. The summed E-state index contributed by atoms with van der Waals surface area (Å²) in [7, 11) is 0. The monoisotopic (exact) mass is 493 g/mol. The van der Waals surface area contributed by atoms with Gasteiger partial charge in [-0.25, -0.2) is 0 Å². The van der Waals surface area contributed by atoms with E-state index in [1.54, 1.807) is 36.4 Å². The summed E-state index contributed by atoms with van der Waals surface area (Å²) in [6, 6.07) is 14.3. The van der Waals surface area contributed by atoms with Crippen molar-refractivity contribution in [2.24, 2.45) is 0 Å². The van der Waals surface area contributed by atoms with E-state index in [0.29, 0.717) is 16.5 Å². The Kier molecular flexibility index (Phi) is 9.11. The van der Waals surface area contributed by atoms with Crippen LogP contribution in [0.4, 0.5) is 5.69 Å². The van der Waals surface area contributed by atoms with Crippen LogP contribution in [0.15, 0.2) is 48.5 Å². The second-order valence-electron chi connectivity index (χ2n) is 5.93. The molecule has 0 fully saturated rings. The van der Waals surface area contributed by atoms with Crippen LogP contribution in [0.5, 0.6) is 5.75 Å². The van der Waals surface area contributed by atoms with Gasteiger partial charge in [-0.1, -0.05) is 65.5 Å². The molecule has 1 amide bonds. The van der Waals surface area contributed by atoms with Crippen LogP contribution in [0.25, 0.3) is 0 Å². The lowest BCUT2D eigenvalue weighted by molar-refractivity contribution is -0.123. The van der Waals surface area contributed by atoms with Crippen LogP contribution in [0.2, 0.25) is 5.02 Å². The minimum atomic E-state index is -1.86. The minimum Gasteiger partial charge on any atom is -0.484 e. The molecular weight excluding hydrogens is 476 g/mol. The number of carbonyl (C=O) groups excluding carboxylic acids is 1. The summed E-state index contributed by atoms with van der Waals surface area (Å²) in [6.07, 6.45) is -0.167. The van der Waals surface area contributed by atoms with Crippen molar-refractivity contribution in [2.45, 2.75) is 23.3 Å². The molecule has 29 heavy (non-hydrogen) atoms. The van der Waals surface area contributed by atoms with Crippen molar-refractivity contribution in [3.63, 3.8) is 0 Å². The number of halogens is 4. The van der Waals surface area contributed by atoms with Crippen molar-refractivity contribution in [1.29, 1.82) is 0 Å². The van der Waals surface area contributed by atoms with Gasteiger partial charge in [0.2, 0.25) is 3.79 Å². The number of carbonyl (C=O) groups is 1. The van der Waals surface area contributed by atoms with Gasteiger partial charge in [0.25, 0.3) is 5.91 Å². The number of rotatable bonds is 7. The Morgan fingerprint density at radius 3 is 2.24 bits per heavy atom. The maximum atomic E-state index is 12.2. The van der Waals surface area contributed by atoms with Crippen LogP contribution < -0.4 is 20.7 Å². The lowest BCUT2D eigenvalue weighted by Crippen LogP contribution is -2.56. The van der Waals surface area contributed by atoms with E-state index in [9.17, 15) is 4.79 Å². The van der Waals surface area contributed by atoms with E-state index in [1.165, 1.54) is 5.56 Å². The Bertz CT molecular complexity index is 827. The first-order valence-corrected chi connectivity index (χ1v) is 10.5. The third-order valence-electron chi connectivity index (χ3n) is 3.71. The average molecular weight is 495 g/mol. The van der Waals surface area contributed by atoms with E-state index in [0.717, 1.165) is 6.42 Å². The van der Waals surface area contributed by atoms with Gasteiger partial charge in [-0.3, -0.25) is 4.79 Å². The molecule has 3 N–H and O–H groups in total. The summed E-state index contributed by atoms with van der Waals surface area (Å²) in [5.41, 5.74) is 1.85. The van der Waals surface area contributed by atoms with Crippen LogP contribution in [0.1, 0.15) is 12.5 Å². The normalized spacial score (nSPS) is 12.0. The predicted molar refractivity (Wildman–Crippen MR) is 124 cm³/mol. The molecule has 0 aliphatic heterocycles. The molecule has 1 atom stereocenters. The summed E-state index contributed by atoms with van der Waals surface area (Å²) < 4.78 is 3.61. The topological polar surface area (TPSA) is 62.4 Å². The van der Waals surface area contributed by atoms with Crippen molar-refractivity contribution >= 4 is 75.3 Å². The van der Waals surface area contributed by atoms with Crippen molar-refractivity contribution in [1.82, 2.24) is 10.6 Å². The molecule has 0 spiro atoms. The first kappa shape index (κ1) is 23.8. The minimum absolute atomic E-state index is 0.153. The molecule has 156 valence electrons. The molecule has 0 radical (unpaired) electrons. The highest BCUT2D eigenvalue weighted by Crippen LogP contribution is 2.29. The third-order valence-corrected chi connectivity index (χ3v) is 4.84. The van der Waals surface area contributed by atoms with Gasteiger partial charge >= 0.3 is 0 Å². The molecular formula is C19H19Cl4N3O2S. The van der Waals surface area contributed by atoms with Crippen LogP contribution in [0.3, 0.4) is 0 Å². The number of benzene rings is 2. The van der Waals surface area contributed by atoms with E-state index >= 15 is 0 Å². The molecule has 0 aromatic heterocycles.